The standard InChI is InChI=1S/C34H41ClN4O2/c1-27-11-8-14-31-34(27)36-33(26-41-30-17-15-29(35)16-18-30)39(31)24-10-23-38(22-9-21-37-19-6-3-7-20-37)25-32(40)28-12-4-2-5-13-28/h2,4-5,8,11-18H,3,6-7,9-10,19-26H2,1H3. The van der Waals surface area contributed by atoms with Gasteiger partial charge in [-0.15, -0.1) is 0 Å². The predicted octanol–water partition coefficient (Wildman–Crippen LogP) is 7.03. The Morgan fingerprint density at radius 1 is 0.902 bits per heavy atom. The molecule has 0 spiro atoms. The zero-order chi connectivity index (χ0) is 28.4. The first-order valence-electron chi connectivity index (χ1n) is 14.9. The smallest absolute Gasteiger partial charge is 0.176 e. The maximum atomic E-state index is 13.1. The van der Waals surface area contributed by atoms with Crippen LogP contribution in [0.3, 0.4) is 0 Å². The number of aromatic nitrogens is 2. The van der Waals surface area contributed by atoms with E-state index in [4.69, 9.17) is 21.3 Å². The normalized spacial score (nSPS) is 14.1. The molecule has 0 N–H and O–H groups in total. The van der Waals surface area contributed by atoms with Crippen molar-refractivity contribution in [3.8, 4) is 5.75 Å². The Bertz CT molecular complexity index is 1400. The highest BCUT2D eigenvalue weighted by Gasteiger charge is 2.17. The Hall–Kier alpha value is -3.19. The molecule has 5 rings (SSSR count). The average molecular weight is 573 g/mol. The summed E-state index contributed by atoms with van der Waals surface area (Å²) < 4.78 is 8.38. The lowest BCUT2D eigenvalue weighted by molar-refractivity contribution is 0.0923. The minimum atomic E-state index is 0.185. The molecule has 2 heterocycles. The van der Waals surface area contributed by atoms with E-state index >= 15 is 0 Å². The lowest BCUT2D eigenvalue weighted by Crippen LogP contribution is -2.36. The Balaban J connectivity index is 1.25. The first-order chi connectivity index (χ1) is 20.1. The molecule has 0 saturated carbocycles. The van der Waals surface area contributed by atoms with Gasteiger partial charge in [0.1, 0.15) is 18.2 Å². The second-order valence-corrected chi connectivity index (χ2v) is 11.5. The second kappa shape index (κ2) is 14.6. The van der Waals surface area contributed by atoms with E-state index in [2.05, 4.69) is 39.5 Å². The van der Waals surface area contributed by atoms with Crippen LogP contribution in [-0.2, 0) is 13.2 Å². The number of hydrogen-bond acceptors (Lipinski definition) is 5. The van der Waals surface area contributed by atoms with Crippen LogP contribution in [-0.4, -0.2) is 64.4 Å². The molecule has 0 bridgehead atoms. The first-order valence-corrected chi connectivity index (χ1v) is 15.3. The SMILES string of the molecule is Cc1cccc2c1nc(COc1ccc(Cl)cc1)n2CCCN(CCCN1CCCCC1)CC(=O)c1ccccc1. The number of piperidine rings is 1. The van der Waals surface area contributed by atoms with E-state index < -0.39 is 0 Å². The number of ether oxygens (including phenoxy) is 1. The largest absolute Gasteiger partial charge is 0.486 e. The molecule has 1 saturated heterocycles. The summed E-state index contributed by atoms with van der Waals surface area (Å²) in [6, 6.07) is 23.4. The molecule has 216 valence electrons. The number of fused-ring (bicyclic) bond motifs is 1. The van der Waals surface area contributed by atoms with Crippen molar-refractivity contribution in [1.82, 2.24) is 19.4 Å². The number of carbonyl (C=O) groups is 1. The number of halogens is 1. The second-order valence-electron chi connectivity index (χ2n) is 11.0. The summed E-state index contributed by atoms with van der Waals surface area (Å²) in [4.78, 5) is 23.0. The molecule has 0 radical (unpaired) electrons. The molecular formula is C34H41ClN4O2. The fraction of sp³-hybridized carbons (Fsp3) is 0.412. The van der Waals surface area contributed by atoms with Gasteiger partial charge in [-0.1, -0.05) is 60.5 Å². The quantitative estimate of drug-likeness (QED) is 0.152. The summed E-state index contributed by atoms with van der Waals surface area (Å²) >= 11 is 6.05. The Morgan fingerprint density at radius 3 is 2.39 bits per heavy atom. The Kier molecular flexibility index (Phi) is 10.5. The highest BCUT2D eigenvalue weighted by molar-refractivity contribution is 6.30. The van der Waals surface area contributed by atoms with Crippen LogP contribution in [0.2, 0.25) is 5.02 Å². The van der Waals surface area contributed by atoms with Crippen LogP contribution in [0.5, 0.6) is 5.75 Å². The number of nitrogens with zero attached hydrogens (tertiary/aromatic N) is 4. The lowest BCUT2D eigenvalue weighted by atomic mass is 10.1. The van der Waals surface area contributed by atoms with Crippen molar-refractivity contribution in [1.29, 1.82) is 0 Å². The molecule has 7 heteroatoms. The van der Waals surface area contributed by atoms with Crippen LogP contribution in [0.4, 0.5) is 0 Å². The van der Waals surface area contributed by atoms with Crippen molar-refractivity contribution in [2.75, 3.05) is 39.3 Å². The van der Waals surface area contributed by atoms with Crippen molar-refractivity contribution in [3.05, 3.63) is 94.8 Å². The lowest BCUT2D eigenvalue weighted by Gasteiger charge is -2.28. The van der Waals surface area contributed by atoms with Gasteiger partial charge in [0.25, 0.3) is 0 Å². The van der Waals surface area contributed by atoms with Gasteiger partial charge in [-0.05, 0) is 94.7 Å². The van der Waals surface area contributed by atoms with Gasteiger partial charge in [-0.25, -0.2) is 4.98 Å². The van der Waals surface area contributed by atoms with Crippen molar-refractivity contribution in [2.24, 2.45) is 0 Å². The maximum Gasteiger partial charge on any atom is 0.176 e. The summed E-state index contributed by atoms with van der Waals surface area (Å²) in [6.45, 7) is 9.01. The third kappa shape index (κ3) is 8.19. The van der Waals surface area contributed by atoms with Crippen molar-refractivity contribution < 1.29 is 9.53 Å². The van der Waals surface area contributed by atoms with E-state index in [1.807, 2.05) is 54.6 Å². The predicted molar refractivity (Wildman–Crippen MR) is 167 cm³/mol. The molecule has 0 unspecified atom stereocenters. The molecule has 3 aromatic carbocycles. The molecule has 0 aliphatic carbocycles. The van der Waals surface area contributed by atoms with E-state index in [0.717, 1.165) is 72.8 Å². The van der Waals surface area contributed by atoms with E-state index in [-0.39, 0.29) is 5.78 Å². The molecule has 0 amide bonds. The number of ketones is 1. The monoisotopic (exact) mass is 572 g/mol. The van der Waals surface area contributed by atoms with Crippen LogP contribution in [0.1, 0.15) is 53.8 Å². The third-order valence-corrected chi connectivity index (χ3v) is 8.21. The van der Waals surface area contributed by atoms with E-state index in [1.165, 1.54) is 32.4 Å². The van der Waals surface area contributed by atoms with Crippen LogP contribution in [0.25, 0.3) is 11.0 Å². The zero-order valence-corrected chi connectivity index (χ0v) is 24.9. The number of Topliss-reactive ketones (excluding diaryl/α,β-unsaturated/α-hetero) is 1. The van der Waals surface area contributed by atoms with Crippen LogP contribution >= 0.6 is 11.6 Å². The third-order valence-electron chi connectivity index (χ3n) is 7.96. The van der Waals surface area contributed by atoms with E-state index in [0.29, 0.717) is 18.2 Å². The summed E-state index contributed by atoms with van der Waals surface area (Å²) in [5.41, 5.74) is 4.07. The number of imidazole rings is 1. The van der Waals surface area contributed by atoms with Gasteiger partial charge >= 0.3 is 0 Å². The number of para-hydroxylation sites is 1. The zero-order valence-electron chi connectivity index (χ0n) is 24.1. The fourth-order valence-electron chi connectivity index (χ4n) is 5.72. The van der Waals surface area contributed by atoms with Gasteiger partial charge in [0, 0.05) is 23.7 Å². The molecule has 1 fully saturated rings. The Labute approximate surface area is 248 Å². The maximum absolute atomic E-state index is 13.1. The highest BCUT2D eigenvalue weighted by Crippen LogP contribution is 2.23. The van der Waals surface area contributed by atoms with Gasteiger partial charge < -0.3 is 14.2 Å². The first kappa shape index (κ1) is 29.3. The molecule has 1 aliphatic rings. The number of carbonyl (C=O) groups excluding carboxylic acids is 1. The summed E-state index contributed by atoms with van der Waals surface area (Å²) in [5.74, 6) is 1.86. The van der Waals surface area contributed by atoms with Gasteiger partial charge in [-0.2, -0.15) is 0 Å². The van der Waals surface area contributed by atoms with Gasteiger partial charge in [0.15, 0.2) is 5.78 Å². The van der Waals surface area contributed by atoms with Crippen molar-refractivity contribution in [3.63, 3.8) is 0 Å². The Morgan fingerprint density at radius 2 is 1.63 bits per heavy atom. The number of hydrogen-bond donors (Lipinski definition) is 0. The molecule has 41 heavy (non-hydrogen) atoms. The minimum absolute atomic E-state index is 0.185. The highest BCUT2D eigenvalue weighted by atomic mass is 35.5. The van der Waals surface area contributed by atoms with E-state index in [1.54, 1.807) is 0 Å². The molecule has 4 aromatic rings. The number of rotatable bonds is 14. The molecule has 6 nitrogen and oxygen atoms in total. The molecule has 1 aliphatic heterocycles. The van der Waals surface area contributed by atoms with Crippen molar-refractivity contribution in [2.45, 2.75) is 52.2 Å². The number of benzene rings is 3. The summed E-state index contributed by atoms with van der Waals surface area (Å²) in [5, 5.41) is 0.687. The summed E-state index contributed by atoms with van der Waals surface area (Å²) in [6.07, 6.45) is 5.95. The van der Waals surface area contributed by atoms with Gasteiger partial charge in [0.2, 0.25) is 0 Å². The molecule has 0 atom stereocenters. The molecule has 1 aromatic heterocycles. The van der Waals surface area contributed by atoms with Crippen LogP contribution in [0.15, 0.2) is 72.8 Å². The minimum Gasteiger partial charge on any atom is -0.486 e. The average Bonchev–Trinajstić information content (AvgIpc) is 3.36. The fourth-order valence-corrected chi connectivity index (χ4v) is 5.84. The van der Waals surface area contributed by atoms with Crippen LogP contribution in [0, 0.1) is 6.92 Å². The molecular weight excluding hydrogens is 532 g/mol. The van der Waals surface area contributed by atoms with E-state index in [9.17, 15) is 4.79 Å². The van der Waals surface area contributed by atoms with Gasteiger partial charge in [-0.3, -0.25) is 9.69 Å². The number of likely N-dealkylation sites (tertiary alicyclic amines) is 1. The van der Waals surface area contributed by atoms with Crippen LogP contribution < -0.4 is 4.74 Å². The van der Waals surface area contributed by atoms with Gasteiger partial charge in [0.05, 0.1) is 17.6 Å². The topological polar surface area (TPSA) is 50.6 Å². The van der Waals surface area contributed by atoms with Crippen molar-refractivity contribution >= 4 is 28.4 Å². The summed E-state index contributed by atoms with van der Waals surface area (Å²) in [7, 11) is 0. The number of aryl methyl sites for hydroxylation is 2.